The van der Waals surface area contributed by atoms with E-state index in [0.717, 1.165) is 11.4 Å². The highest BCUT2D eigenvalue weighted by Crippen LogP contribution is 2.10. The van der Waals surface area contributed by atoms with Crippen LogP contribution >= 0.6 is 11.3 Å². The van der Waals surface area contributed by atoms with Crippen LogP contribution in [0.25, 0.3) is 0 Å². The van der Waals surface area contributed by atoms with E-state index >= 15 is 0 Å². The van der Waals surface area contributed by atoms with Gasteiger partial charge in [0.15, 0.2) is 0 Å². The molecule has 0 saturated carbocycles. The number of carbonyl (C=O) groups is 1. The van der Waals surface area contributed by atoms with E-state index in [1.54, 1.807) is 11.3 Å². The second-order valence-electron chi connectivity index (χ2n) is 4.46. The minimum Gasteiger partial charge on any atom is -0.396 e. The van der Waals surface area contributed by atoms with Crippen molar-refractivity contribution < 1.29 is 9.90 Å². The van der Waals surface area contributed by atoms with Crippen LogP contribution in [0.15, 0.2) is 6.20 Å². The fourth-order valence-electron chi connectivity index (χ4n) is 1.36. The Morgan fingerprint density at radius 2 is 2.28 bits per heavy atom. The van der Waals surface area contributed by atoms with E-state index in [9.17, 15) is 4.79 Å². The summed E-state index contributed by atoms with van der Waals surface area (Å²) in [6.07, 6.45) is 2.58. The number of aliphatic hydroxyl groups excluding tert-OH is 1. The lowest BCUT2D eigenvalue weighted by Gasteiger charge is -2.19. The third-order valence-corrected chi connectivity index (χ3v) is 3.77. The Morgan fingerprint density at radius 3 is 2.83 bits per heavy atom. The van der Waals surface area contributed by atoms with E-state index < -0.39 is 0 Å². The van der Waals surface area contributed by atoms with Gasteiger partial charge in [0.2, 0.25) is 0 Å². The third-order valence-electron chi connectivity index (χ3n) is 2.79. The first-order valence-corrected chi connectivity index (χ1v) is 6.91. The molecule has 1 aromatic rings. The lowest BCUT2D eigenvalue weighted by Crippen LogP contribution is -2.44. The molecule has 1 aromatic heterocycles. The Kier molecular flexibility index (Phi) is 6.07. The molecule has 1 rings (SSSR count). The zero-order chi connectivity index (χ0) is 13.5. The number of urea groups is 1. The number of amides is 2. The molecule has 3 N–H and O–H groups in total. The highest BCUT2D eigenvalue weighted by molar-refractivity contribution is 7.11. The van der Waals surface area contributed by atoms with Crippen molar-refractivity contribution >= 4 is 17.4 Å². The van der Waals surface area contributed by atoms with Gasteiger partial charge in [-0.05, 0) is 19.8 Å². The van der Waals surface area contributed by atoms with Crippen LogP contribution in [-0.2, 0) is 6.42 Å². The van der Waals surface area contributed by atoms with Crippen molar-refractivity contribution in [2.45, 2.75) is 33.2 Å². The van der Waals surface area contributed by atoms with Gasteiger partial charge in [0.1, 0.15) is 0 Å². The number of aliphatic hydroxyl groups is 1. The Bertz CT molecular complexity index is 381. The van der Waals surface area contributed by atoms with Crippen LogP contribution in [0.4, 0.5) is 4.79 Å². The topological polar surface area (TPSA) is 74.2 Å². The van der Waals surface area contributed by atoms with Crippen LogP contribution in [0.1, 0.15) is 23.7 Å². The van der Waals surface area contributed by atoms with Gasteiger partial charge in [0.05, 0.1) is 5.01 Å². The molecule has 0 spiro atoms. The Balaban J connectivity index is 2.21. The van der Waals surface area contributed by atoms with Crippen molar-refractivity contribution in [2.75, 3.05) is 13.2 Å². The smallest absolute Gasteiger partial charge is 0.315 e. The highest BCUT2D eigenvalue weighted by Gasteiger charge is 2.13. The summed E-state index contributed by atoms with van der Waals surface area (Å²) < 4.78 is 0. The summed E-state index contributed by atoms with van der Waals surface area (Å²) in [6.45, 7) is 6.42. The summed E-state index contributed by atoms with van der Waals surface area (Å²) in [4.78, 5) is 17.0. The standard InChI is InChI=1S/C12H21N3O2S/c1-8(7-16)10(3)15-12(17)13-5-4-11-14-6-9(2)18-11/h6,8,10,16H,4-5,7H2,1-3H3,(H2,13,15,17)/t8-,10+/m0/s1. The van der Waals surface area contributed by atoms with Gasteiger partial charge in [0, 0.05) is 36.7 Å². The summed E-state index contributed by atoms with van der Waals surface area (Å²) in [6, 6.07) is -0.242. The fourth-order valence-corrected chi connectivity index (χ4v) is 2.14. The molecule has 102 valence electrons. The zero-order valence-electron chi connectivity index (χ0n) is 11.1. The molecule has 2 atom stereocenters. The van der Waals surface area contributed by atoms with Crippen molar-refractivity contribution in [3.63, 3.8) is 0 Å². The number of aryl methyl sites for hydroxylation is 1. The molecule has 0 bridgehead atoms. The van der Waals surface area contributed by atoms with Crippen LogP contribution in [0.3, 0.4) is 0 Å². The first kappa shape index (κ1) is 14.9. The molecule has 0 fully saturated rings. The lowest BCUT2D eigenvalue weighted by atomic mass is 10.1. The summed E-state index contributed by atoms with van der Waals surface area (Å²) in [5.41, 5.74) is 0. The average Bonchev–Trinajstić information content (AvgIpc) is 2.73. The molecule has 0 aliphatic heterocycles. The van der Waals surface area contributed by atoms with Crippen molar-refractivity contribution in [1.82, 2.24) is 15.6 Å². The fraction of sp³-hybridized carbons (Fsp3) is 0.667. The first-order valence-electron chi connectivity index (χ1n) is 6.09. The number of thiazole rings is 1. The van der Waals surface area contributed by atoms with Gasteiger partial charge < -0.3 is 15.7 Å². The van der Waals surface area contributed by atoms with E-state index in [1.165, 1.54) is 4.88 Å². The number of hydrogen-bond donors (Lipinski definition) is 3. The van der Waals surface area contributed by atoms with Gasteiger partial charge in [-0.1, -0.05) is 6.92 Å². The van der Waals surface area contributed by atoms with E-state index in [0.29, 0.717) is 6.54 Å². The number of aromatic nitrogens is 1. The van der Waals surface area contributed by atoms with Crippen LogP contribution in [0, 0.1) is 12.8 Å². The number of nitrogens with zero attached hydrogens (tertiary/aromatic N) is 1. The molecule has 2 amide bonds. The second kappa shape index (κ2) is 7.33. The molecule has 0 aliphatic carbocycles. The maximum atomic E-state index is 11.5. The summed E-state index contributed by atoms with van der Waals surface area (Å²) >= 11 is 1.65. The number of rotatable bonds is 6. The van der Waals surface area contributed by atoms with E-state index in [-0.39, 0.29) is 24.6 Å². The molecule has 6 heteroatoms. The highest BCUT2D eigenvalue weighted by atomic mass is 32.1. The van der Waals surface area contributed by atoms with Gasteiger partial charge in [-0.3, -0.25) is 0 Å². The second-order valence-corrected chi connectivity index (χ2v) is 5.78. The average molecular weight is 271 g/mol. The zero-order valence-corrected chi connectivity index (χ0v) is 11.9. The monoisotopic (exact) mass is 271 g/mol. The van der Waals surface area contributed by atoms with Gasteiger partial charge in [0.25, 0.3) is 0 Å². The van der Waals surface area contributed by atoms with Crippen molar-refractivity contribution in [3.8, 4) is 0 Å². The Morgan fingerprint density at radius 1 is 1.56 bits per heavy atom. The Labute approximate surface area is 112 Å². The van der Waals surface area contributed by atoms with Crippen molar-refractivity contribution in [1.29, 1.82) is 0 Å². The molecular formula is C12H21N3O2S. The minimum atomic E-state index is -0.198. The lowest BCUT2D eigenvalue weighted by molar-refractivity contribution is 0.200. The van der Waals surface area contributed by atoms with E-state index in [1.807, 2.05) is 27.0 Å². The molecule has 0 aliphatic rings. The first-order chi connectivity index (χ1) is 8.52. The number of nitrogens with one attached hydrogen (secondary N) is 2. The Hall–Kier alpha value is -1.14. The molecule has 18 heavy (non-hydrogen) atoms. The summed E-state index contributed by atoms with van der Waals surface area (Å²) in [5.74, 6) is 0.0531. The maximum absolute atomic E-state index is 11.5. The number of carbonyl (C=O) groups excluding carboxylic acids is 1. The largest absolute Gasteiger partial charge is 0.396 e. The normalized spacial score (nSPS) is 14.0. The van der Waals surface area contributed by atoms with Crippen LogP contribution < -0.4 is 10.6 Å². The minimum absolute atomic E-state index is 0.0443. The predicted molar refractivity (Wildman–Crippen MR) is 72.8 cm³/mol. The third kappa shape index (κ3) is 5.01. The molecular weight excluding hydrogens is 250 g/mol. The van der Waals surface area contributed by atoms with Gasteiger partial charge in [-0.25, -0.2) is 9.78 Å². The van der Waals surface area contributed by atoms with E-state index in [2.05, 4.69) is 15.6 Å². The van der Waals surface area contributed by atoms with Gasteiger partial charge >= 0.3 is 6.03 Å². The molecule has 0 saturated heterocycles. The SMILES string of the molecule is Cc1cnc(CCNC(=O)N[C@H](C)[C@@H](C)CO)s1. The molecule has 0 aromatic carbocycles. The predicted octanol–water partition coefficient (Wildman–Crippen LogP) is 1.31. The molecule has 1 heterocycles. The quantitative estimate of drug-likeness (QED) is 0.730. The van der Waals surface area contributed by atoms with Crippen LogP contribution in [-0.4, -0.2) is 35.3 Å². The van der Waals surface area contributed by atoms with Crippen molar-refractivity contribution in [3.05, 3.63) is 16.1 Å². The van der Waals surface area contributed by atoms with E-state index in [4.69, 9.17) is 5.11 Å². The summed E-state index contributed by atoms with van der Waals surface area (Å²) in [7, 11) is 0. The molecule has 5 nitrogen and oxygen atoms in total. The summed E-state index contributed by atoms with van der Waals surface area (Å²) in [5, 5.41) is 15.6. The molecule has 0 unspecified atom stereocenters. The van der Waals surface area contributed by atoms with Crippen molar-refractivity contribution in [2.24, 2.45) is 5.92 Å². The van der Waals surface area contributed by atoms with Gasteiger partial charge in [-0.2, -0.15) is 0 Å². The molecule has 0 radical (unpaired) electrons. The van der Waals surface area contributed by atoms with Gasteiger partial charge in [-0.15, -0.1) is 11.3 Å². The van der Waals surface area contributed by atoms with Crippen LogP contribution in [0.5, 0.6) is 0 Å². The number of hydrogen-bond acceptors (Lipinski definition) is 4. The van der Waals surface area contributed by atoms with Crippen LogP contribution in [0.2, 0.25) is 0 Å². The maximum Gasteiger partial charge on any atom is 0.315 e.